The minimum atomic E-state index is -0.0991. The second-order valence-corrected chi connectivity index (χ2v) is 3.24. The van der Waals surface area contributed by atoms with Crippen molar-refractivity contribution in [3.05, 3.63) is 0 Å². The van der Waals surface area contributed by atoms with Gasteiger partial charge in [0.2, 0.25) is 5.91 Å². The topological polar surface area (TPSA) is 52.9 Å². The lowest BCUT2D eigenvalue weighted by molar-refractivity contribution is -0.125. The van der Waals surface area contributed by atoms with Gasteiger partial charge in [-0.3, -0.25) is 4.79 Å². The van der Waals surface area contributed by atoms with E-state index in [0.717, 1.165) is 6.34 Å². The third-order valence-corrected chi connectivity index (χ3v) is 2.18. The molecule has 0 saturated heterocycles. The van der Waals surface area contributed by atoms with Crippen LogP contribution < -0.4 is 0 Å². The first-order chi connectivity index (χ1) is 5.13. The van der Waals surface area contributed by atoms with Crippen LogP contribution in [-0.2, 0) is 4.79 Å². The van der Waals surface area contributed by atoms with Crippen molar-refractivity contribution in [3.8, 4) is 0 Å². The van der Waals surface area contributed by atoms with Gasteiger partial charge in [-0.25, -0.2) is 0 Å². The molecule has 0 aromatic heterocycles. The first-order valence-electron chi connectivity index (χ1n) is 3.10. The van der Waals surface area contributed by atoms with Crippen molar-refractivity contribution in [2.45, 2.75) is 12.2 Å². The Morgan fingerprint density at radius 2 is 2.36 bits per heavy atom. The largest absolute Gasteiger partial charge is 0.410 e. The van der Waals surface area contributed by atoms with Gasteiger partial charge in [0, 0.05) is 7.05 Å². The summed E-state index contributed by atoms with van der Waals surface area (Å²) in [7, 11) is 1.55. The molecule has 0 aromatic rings. The number of amides is 1. The van der Waals surface area contributed by atoms with Crippen molar-refractivity contribution in [2.75, 3.05) is 13.3 Å². The number of oxime groups is 1. The first-order valence-corrected chi connectivity index (χ1v) is 4.39. The molecule has 0 fully saturated rings. The maximum atomic E-state index is 11.2. The molecule has 0 aliphatic rings. The highest BCUT2D eigenvalue weighted by Gasteiger charge is 2.14. The molecule has 0 aromatic carbocycles. The lowest BCUT2D eigenvalue weighted by Crippen LogP contribution is -2.31. The molecule has 0 radical (unpaired) electrons. The lowest BCUT2D eigenvalue weighted by atomic mass is 10.4. The average molecular weight is 176 g/mol. The molecule has 0 bridgehead atoms. The molecule has 0 heterocycles. The molecule has 4 nitrogen and oxygen atoms in total. The number of hydrogen-bond donors (Lipinski definition) is 1. The zero-order valence-corrected chi connectivity index (χ0v) is 7.63. The predicted molar refractivity (Wildman–Crippen MR) is 46.0 cm³/mol. The Bertz CT molecular complexity index is 161. The van der Waals surface area contributed by atoms with Gasteiger partial charge < -0.3 is 10.1 Å². The van der Waals surface area contributed by atoms with Crippen LogP contribution >= 0.6 is 11.8 Å². The van der Waals surface area contributed by atoms with E-state index in [4.69, 9.17) is 5.21 Å². The van der Waals surface area contributed by atoms with Crippen LogP contribution in [0.5, 0.6) is 0 Å². The summed E-state index contributed by atoms with van der Waals surface area (Å²) in [5.74, 6) is -0.0738. The second-order valence-electron chi connectivity index (χ2n) is 2.06. The summed E-state index contributed by atoms with van der Waals surface area (Å²) in [6.45, 7) is 1.80. The van der Waals surface area contributed by atoms with Gasteiger partial charge in [-0.1, -0.05) is 5.16 Å². The Morgan fingerprint density at radius 3 is 2.73 bits per heavy atom. The zero-order valence-electron chi connectivity index (χ0n) is 6.81. The standard InChI is InChI=1S/C6H12N2O2S/c1-5(11-3)6(9)8(2)4-7-10/h4-5,10H,1-3H3. The van der Waals surface area contributed by atoms with Crippen LogP contribution in [0.4, 0.5) is 0 Å². The van der Waals surface area contributed by atoms with E-state index in [1.807, 2.05) is 6.26 Å². The van der Waals surface area contributed by atoms with Gasteiger partial charge in [0.1, 0.15) is 6.34 Å². The maximum Gasteiger partial charge on any atom is 0.240 e. The van der Waals surface area contributed by atoms with E-state index in [1.165, 1.54) is 16.7 Å². The molecule has 0 aliphatic carbocycles. The molecule has 64 valence electrons. The predicted octanol–water partition coefficient (Wildman–Crippen LogP) is 0.614. The van der Waals surface area contributed by atoms with Crippen molar-refractivity contribution < 1.29 is 10.0 Å². The normalized spacial score (nSPS) is 13.4. The molecular weight excluding hydrogens is 164 g/mol. The fourth-order valence-corrected chi connectivity index (χ4v) is 0.890. The molecule has 1 unspecified atom stereocenters. The van der Waals surface area contributed by atoms with Gasteiger partial charge in [-0.15, -0.1) is 0 Å². The van der Waals surface area contributed by atoms with Crippen LogP contribution in [-0.4, -0.2) is 40.9 Å². The van der Waals surface area contributed by atoms with Gasteiger partial charge in [0.05, 0.1) is 5.25 Å². The Morgan fingerprint density at radius 1 is 1.82 bits per heavy atom. The summed E-state index contributed by atoms with van der Waals surface area (Å²) < 4.78 is 0. The summed E-state index contributed by atoms with van der Waals surface area (Å²) in [5.41, 5.74) is 0. The highest BCUT2D eigenvalue weighted by molar-refractivity contribution is 7.99. The van der Waals surface area contributed by atoms with Gasteiger partial charge in [-0.05, 0) is 13.2 Å². The van der Waals surface area contributed by atoms with Crippen LogP contribution in [0.3, 0.4) is 0 Å². The van der Waals surface area contributed by atoms with Crippen LogP contribution in [0.1, 0.15) is 6.92 Å². The quantitative estimate of drug-likeness (QED) is 0.297. The first kappa shape index (κ1) is 10.3. The fraction of sp³-hybridized carbons (Fsp3) is 0.667. The minimum absolute atomic E-state index is 0.0738. The molecular formula is C6H12N2O2S. The van der Waals surface area contributed by atoms with Crippen LogP contribution in [0.15, 0.2) is 5.16 Å². The van der Waals surface area contributed by atoms with Crippen molar-refractivity contribution in [1.29, 1.82) is 0 Å². The van der Waals surface area contributed by atoms with Crippen LogP contribution in [0.2, 0.25) is 0 Å². The fourth-order valence-electron chi connectivity index (χ4n) is 0.522. The van der Waals surface area contributed by atoms with E-state index >= 15 is 0 Å². The molecule has 0 rings (SSSR count). The molecule has 5 heteroatoms. The monoisotopic (exact) mass is 176 g/mol. The third kappa shape index (κ3) is 3.27. The van der Waals surface area contributed by atoms with E-state index in [0.29, 0.717) is 0 Å². The maximum absolute atomic E-state index is 11.2. The third-order valence-electron chi connectivity index (χ3n) is 1.27. The van der Waals surface area contributed by atoms with Gasteiger partial charge in [0.25, 0.3) is 0 Å². The smallest absolute Gasteiger partial charge is 0.240 e. The Labute approximate surface area is 70.3 Å². The number of carbonyl (C=O) groups is 1. The van der Waals surface area contributed by atoms with Gasteiger partial charge in [0.15, 0.2) is 0 Å². The Balaban J connectivity index is 4.01. The number of nitrogens with zero attached hydrogens (tertiary/aromatic N) is 2. The van der Waals surface area contributed by atoms with Crippen molar-refractivity contribution in [1.82, 2.24) is 4.90 Å². The Hall–Kier alpha value is -0.710. The number of carbonyl (C=O) groups excluding carboxylic acids is 1. The van der Waals surface area contributed by atoms with E-state index in [-0.39, 0.29) is 11.2 Å². The highest BCUT2D eigenvalue weighted by atomic mass is 32.2. The molecule has 0 aliphatic heterocycles. The Kier molecular flexibility index (Phi) is 4.69. The lowest BCUT2D eigenvalue weighted by Gasteiger charge is -2.13. The number of hydrogen-bond acceptors (Lipinski definition) is 4. The van der Waals surface area contributed by atoms with Crippen LogP contribution in [0, 0.1) is 0 Å². The van der Waals surface area contributed by atoms with E-state index < -0.39 is 0 Å². The minimum Gasteiger partial charge on any atom is -0.410 e. The summed E-state index contributed by atoms with van der Waals surface area (Å²) in [6.07, 6.45) is 2.93. The SMILES string of the molecule is CSC(C)C(=O)N(C)C=NO. The van der Waals surface area contributed by atoms with E-state index in [9.17, 15) is 4.79 Å². The van der Waals surface area contributed by atoms with E-state index in [1.54, 1.807) is 14.0 Å². The number of rotatable bonds is 3. The molecule has 1 amide bonds. The second kappa shape index (κ2) is 5.01. The highest BCUT2D eigenvalue weighted by Crippen LogP contribution is 2.06. The van der Waals surface area contributed by atoms with Crippen molar-refractivity contribution in [2.24, 2.45) is 5.16 Å². The number of thioether (sulfide) groups is 1. The summed E-state index contributed by atoms with van der Waals surface area (Å²) >= 11 is 1.45. The van der Waals surface area contributed by atoms with Crippen LogP contribution in [0.25, 0.3) is 0 Å². The molecule has 0 spiro atoms. The molecule has 1 N–H and O–H groups in total. The van der Waals surface area contributed by atoms with E-state index in [2.05, 4.69) is 5.16 Å². The molecule has 0 saturated carbocycles. The van der Waals surface area contributed by atoms with Gasteiger partial charge >= 0.3 is 0 Å². The molecule has 1 atom stereocenters. The average Bonchev–Trinajstić information content (AvgIpc) is 2.02. The summed E-state index contributed by atoms with van der Waals surface area (Å²) in [6, 6.07) is 0. The zero-order chi connectivity index (χ0) is 8.85. The molecule has 11 heavy (non-hydrogen) atoms. The summed E-state index contributed by atoms with van der Waals surface area (Å²) in [4.78, 5) is 12.4. The van der Waals surface area contributed by atoms with Gasteiger partial charge in [-0.2, -0.15) is 11.8 Å². The van der Waals surface area contributed by atoms with Crippen molar-refractivity contribution in [3.63, 3.8) is 0 Å². The van der Waals surface area contributed by atoms with Crippen molar-refractivity contribution >= 4 is 24.0 Å². The summed E-state index contributed by atoms with van der Waals surface area (Å²) in [5, 5.41) is 10.8.